The molecule has 0 saturated carbocycles. The van der Waals surface area contributed by atoms with Crippen molar-refractivity contribution in [2.45, 2.75) is 26.7 Å². The third-order valence-corrected chi connectivity index (χ3v) is 3.89. The largest absolute Gasteiger partial charge is 0.0798 e. The summed E-state index contributed by atoms with van der Waals surface area (Å²) in [6, 6.07) is 8.99. The van der Waals surface area contributed by atoms with E-state index in [9.17, 15) is 0 Å². The molecule has 3 rings (SSSR count). The van der Waals surface area contributed by atoms with Gasteiger partial charge in [0.1, 0.15) is 0 Å². The molecule has 90 valence electrons. The van der Waals surface area contributed by atoms with Gasteiger partial charge in [-0.3, -0.25) is 0 Å². The fraction of sp³-hybridized carbons (Fsp3) is 0.222. The molecule has 0 aromatic heterocycles. The molecule has 0 fully saturated rings. The van der Waals surface area contributed by atoms with E-state index in [1.807, 2.05) is 0 Å². The minimum absolute atomic E-state index is 1.07. The van der Waals surface area contributed by atoms with Crippen LogP contribution in [0.15, 0.2) is 59.7 Å². The monoisotopic (exact) mass is 234 g/mol. The third kappa shape index (κ3) is 1.88. The highest BCUT2D eigenvalue weighted by Crippen LogP contribution is 2.33. The van der Waals surface area contributed by atoms with Crippen molar-refractivity contribution >= 4 is 11.1 Å². The Kier molecular flexibility index (Phi) is 2.79. The molecule has 0 saturated heterocycles. The summed E-state index contributed by atoms with van der Waals surface area (Å²) in [5, 5.41) is 0. The van der Waals surface area contributed by atoms with Gasteiger partial charge in [0.15, 0.2) is 0 Å². The lowest BCUT2D eigenvalue weighted by atomic mass is 9.95. The number of hydrogen-bond donors (Lipinski definition) is 0. The van der Waals surface area contributed by atoms with E-state index >= 15 is 0 Å². The molecule has 2 aliphatic carbocycles. The molecule has 0 N–H and O–H groups in total. The quantitative estimate of drug-likeness (QED) is 0.663. The van der Waals surface area contributed by atoms with Gasteiger partial charge in [-0.05, 0) is 66.2 Å². The smallest absolute Gasteiger partial charge is 0.00857 e. The molecule has 2 aliphatic rings. The number of rotatable bonds is 2. The van der Waals surface area contributed by atoms with Crippen molar-refractivity contribution in [3.63, 3.8) is 0 Å². The predicted molar refractivity (Wildman–Crippen MR) is 79.1 cm³/mol. The molecule has 0 unspecified atom stereocenters. The van der Waals surface area contributed by atoms with Gasteiger partial charge in [0.2, 0.25) is 0 Å². The van der Waals surface area contributed by atoms with E-state index in [-0.39, 0.29) is 0 Å². The fourth-order valence-corrected chi connectivity index (χ4v) is 2.82. The van der Waals surface area contributed by atoms with Crippen LogP contribution >= 0.6 is 0 Å². The standard InChI is InChI=1S/C18H18/c1-13-6-3-10-17(13)15-8-5-9-16(12-15)18-11-4-7-14(18)2/h3-9,12H,10-11H2,1-2H3. The van der Waals surface area contributed by atoms with Crippen LogP contribution in [-0.4, -0.2) is 0 Å². The Morgan fingerprint density at radius 2 is 1.28 bits per heavy atom. The maximum atomic E-state index is 2.34. The first-order valence-corrected chi connectivity index (χ1v) is 6.59. The first kappa shape index (κ1) is 11.3. The number of hydrogen-bond acceptors (Lipinski definition) is 0. The highest BCUT2D eigenvalue weighted by molar-refractivity contribution is 5.79. The van der Waals surface area contributed by atoms with Crippen LogP contribution in [0.1, 0.15) is 37.8 Å². The van der Waals surface area contributed by atoms with E-state index in [0.717, 1.165) is 12.8 Å². The van der Waals surface area contributed by atoms with Gasteiger partial charge in [-0.15, -0.1) is 0 Å². The minimum atomic E-state index is 1.07. The van der Waals surface area contributed by atoms with Gasteiger partial charge >= 0.3 is 0 Å². The van der Waals surface area contributed by atoms with E-state index < -0.39 is 0 Å². The van der Waals surface area contributed by atoms with Gasteiger partial charge in [-0.2, -0.15) is 0 Å². The molecule has 0 atom stereocenters. The van der Waals surface area contributed by atoms with Crippen molar-refractivity contribution in [1.82, 2.24) is 0 Å². The lowest BCUT2D eigenvalue weighted by Gasteiger charge is -2.09. The summed E-state index contributed by atoms with van der Waals surface area (Å²) in [4.78, 5) is 0. The molecule has 1 aromatic carbocycles. The van der Waals surface area contributed by atoms with Crippen molar-refractivity contribution in [3.05, 3.63) is 70.8 Å². The van der Waals surface area contributed by atoms with Crippen LogP contribution in [0.4, 0.5) is 0 Å². The summed E-state index contributed by atoms with van der Waals surface area (Å²) in [6.45, 7) is 4.40. The Bertz CT molecular complexity index is 555. The van der Waals surface area contributed by atoms with Crippen LogP contribution < -0.4 is 0 Å². The maximum absolute atomic E-state index is 2.34. The second-order valence-electron chi connectivity index (χ2n) is 5.12. The highest BCUT2D eigenvalue weighted by atomic mass is 14.2. The third-order valence-electron chi connectivity index (χ3n) is 3.89. The molecule has 0 aliphatic heterocycles. The Hall–Kier alpha value is -1.82. The van der Waals surface area contributed by atoms with E-state index in [1.165, 1.54) is 33.4 Å². The van der Waals surface area contributed by atoms with Crippen LogP contribution in [0.25, 0.3) is 11.1 Å². The maximum Gasteiger partial charge on any atom is -0.00857 e. The van der Waals surface area contributed by atoms with Crippen molar-refractivity contribution < 1.29 is 0 Å². The van der Waals surface area contributed by atoms with Crippen molar-refractivity contribution in [2.75, 3.05) is 0 Å². The molecule has 0 amide bonds. The second-order valence-corrected chi connectivity index (χ2v) is 5.12. The Balaban J connectivity index is 2.01. The molecule has 0 heteroatoms. The van der Waals surface area contributed by atoms with Crippen LogP contribution in [0.2, 0.25) is 0 Å². The molecule has 18 heavy (non-hydrogen) atoms. The van der Waals surface area contributed by atoms with E-state index in [2.05, 4.69) is 62.4 Å². The highest BCUT2D eigenvalue weighted by Gasteiger charge is 2.11. The second kappa shape index (κ2) is 4.45. The summed E-state index contributed by atoms with van der Waals surface area (Å²) < 4.78 is 0. The topological polar surface area (TPSA) is 0 Å². The molecule has 0 heterocycles. The predicted octanol–water partition coefficient (Wildman–Crippen LogP) is 5.15. The Labute approximate surface area is 109 Å². The first-order valence-electron chi connectivity index (χ1n) is 6.59. The molecule has 0 radical (unpaired) electrons. The summed E-state index contributed by atoms with van der Waals surface area (Å²) in [6.07, 6.45) is 11.1. The van der Waals surface area contributed by atoms with E-state index in [1.54, 1.807) is 0 Å². The average Bonchev–Trinajstić information content (AvgIpc) is 2.98. The number of benzene rings is 1. The van der Waals surface area contributed by atoms with Crippen molar-refractivity contribution in [2.24, 2.45) is 0 Å². The van der Waals surface area contributed by atoms with Gasteiger partial charge in [0.05, 0.1) is 0 Å². The van der Waals surface area contributed by atoms with Crippen LogP contribution in [-0.2, 0) is 0 Å². The zero-order valence-electron chi connectivity index (χ0n) is 11.0. The summed E-state index contributed by atoms with van der Waals surface area (Å²) in [5.74, 6) is 0. The fourth-order valence-electron chi connectivity index (χ4n) is 2.82. The van der Waals surface area contributed by atoms with Crippen LogP contribution in [0.5, 0.6) is 0 Å². The van der Waals surface area contributed by atoms with Gasteiger partial charge in [-0.1, -0.05) is 42.5 Å². The van der Waals surface area contributed by atoms with Gasteiger partial charge < -0.3 is 0 Å². The molecule has 0 bridgehead atoms. The Morgan fingerprint density at radius 3 is 1.67 bits per heavy atom. The summed E-state index contributed by atoms with van der Waals surface area (Å²) in [7, 11) is 0. The van der Waals surface area contributed by atoms with Crippen LogP contribution in [0.3, 0.4) is 0 Å². The van der Waals surface area contributed by atoms with Crippen LogP contribution in [0, 0.1) is 0 Å². The molecule has 0 nitrogen and oxygen atoms in total. The molecular formula is C18H18. The first-order chi connectivity index (χ1) is 8.75. The lowest BCUT2D eigenvalue weighted by Crippen LogP contribution is -1.88. The van der Waals surface area contributed by atoms with Gasteiger partial charge in [-0.25, -0.2) is 0 Å². The Morgan fingerprint density at radius 1 is 0.778 bits per heavy atom. The minimum Gasteiger partial charge on any atom is -0.0798 e. The van der Waals surface area contributed by atoms with Gasteiger partial charge in [0, 0.05) is 0 Å². The summed E-state index contributed by atoms with van der Waals surface area (Å²) >= 11 is 0. The SMILES string of the molecule is CC1=C(c2cccc(C3=C(C)C=CC3)c2)CC=C1. The molecule has 0 spiro atoms. The van der Waals surface area contributed by atoms with Crippen molar-refractivity contribution in [1.29, 1.82) is 0 Å². The van der Waals surface area contributed by atoms with Gasteiger partial charge in [0.25, 0.3) is 0 Å². The molecule has 1 aromatic rings. The summed E-state index contributed by atoms with van der Waals surface area (Å²) in [5.41, 5.74) is 8.51. The normalized spacial score (nSPS) is 18.3. The number of allylic oxidation sites excluding steroid dienone is 8. The zero-order valence-corrected chi connectivity index (χ0v) is 11.0. The molecular weight excluding hydrogens is 216 g/mol. The zero-order chi connectivity index (χ0) is 12.5. The lowest BCUT2D eigenvalue weighted by molar-refractivity contribution is 1.37. The van der Waals surface area contributed by atoms with E-state index in [4.69, 9.17) is 0 Å². The van der Waals surface area contributed by atoms with E-state index in [0.29, 0.717) is 0 Å². The average molecular weight is 234 g/mol. The van der Waals surface area contributed by atoms with Crippen molar-refractivity contribution in [3.8, 4) is 0 Å².